The zero-order chi connectivity index (χ0) is 21.6. The van der Waals surface area contributed by atoms with Crippen LogP contribution in [0.15, 0.2) is 61.2 Å². The quantitative estimate of drug-likeness (QED) is 0.441. The average Bonchev–Trinajstić information content (AvgIpc) is 3.29. The van der Waals surface area contributed by atoms with Gasteiger partial charge in [-0.15, -0.1) is 5.10 Å². The minimum absolute atomic E-state index is 0.181. The molecule has 158 valence electrons. The highest BCUT2D eigenvalue weighted by atomic mass is 35.5. The number of nitrogens with zero attached hydrogens (tertiary/aromatic N) is 6. The number of tetrazole rings is 1. The monoisotopic (exact) mass is 437 g/mol. The van der Waals surface area contributed by atoms with Crippen LogP contribution in [-0.2, 0) is 6.54 Å². The summed E-state index contributed by atoms with van der Waals surface area (Å²) >= 11 is 6.33. The number of aromatic nitrogens is 6. The maximum Gasteiger partial charge on any atom is 0.227 e. The van der Waals surface area contributed by atoms with Crippen molar-refractivity contribution in [3.05, 3.63) is 66.2 Å². The van der Waals surface area contributed by atoms with Crippen LogP contribution in [0.25, 0.3) is 11.1 Å². The van der Waals surface area contributed by atoms with Gasteiger partial charge in [0.2, 0.25) is 5.95 Å². The Morgan fingerprint density at radius 1 is 1.06 bits per heavy atom. The highest BCUT2D eigenvalue weighted by Gasteiger charge is 2.12. The summed E-state index contributed by atoms with van der Waals surface area (Å²) in [6, 6.07) is 13.1. The van der Waals surface area contributed by atoms with Gasteiger partial charge in [0.15, 0.2) is 0 Å². The van der Waals surface area contributed by atoms with E-state index in [1.54, 1.807) is 30.3 Å². The largest absolute Gasteiger partial charge is 0.495 e. The van der Waals surface area contributed by atoms with Crippen molar-refractivity contribution in [2.75, 3.05) is 12.4 Å². The molecule has 0 fully saturated rings. The molecule has 10 heteroatoms. The van der Waals surface area contributed by atoms with Crippen molar-refractivity contribution in [1.29, 1.82) is 0 Å². The van der Waals surface area contributed by atoms with E-state index in [2.05, 4.69) is 30.8 Å². The fourth-order valence-corrected chi connectivity index (χ4v) is 3.13. The number of rotatable bonds is 8. The number of benzene rings is 2. The van der Waals surface area contributed by atoms with Gasteiger partial charge in [-0.25, -0.2) is 14.6 Å². The lowest BCUT2D eigenvalue weighted by molar-refractivity contribution is 0.193. The number of halogens is 1. The Morgan fingerprint density at radius 3 is 2.61 bits per heavy atom. The molecule has 0 bridgehead atoms. The molecule has 0 aliphatic rings. The molecule has 0 amide bonds. The summed E-state index contributed by atoms with van der Waals surface area (Å²) in [6.07, 6.45) is 4.83. The molecule has 0 saturated carbocycles. The van der Waals surface area contributed by atoms with Gasteiger partial charge in [0.1, 0.15) is 23.9 Å². The fraction of sp³-hybridized carbons (Fsp3) is 0.190. The SMILES string of the molecule is COc1ccccc1Nc1ncc(-c2ccc(Cl)c(O[C@@H](C)Cn3cnnn3)c2)cn1. The van der Waals surface area contributed by atoms with Gasteiger partial charge in [-0.3, -0.25) is 0 Å². The molecule has 0 aliphatic carbocycles. The number of hydrogen-bond acceptors (Lipinski definition) is 8. The van der Waals surface area contributed by atoms with Gasteiger partial charge in [0, 0.05) is 18.0 Å². The van der Waals surface area contributed by atoms with E-state index < -0.39 is 0 Å². The molecular formula is C21H20ClN7O2. The van der Waals surface area contributed by atoms with Crippen molar-refractivity contribution in [2.45, 2.75) is 19.6 Å². The summed E-state index contributed by atoms with van der Waals surface area (Å²) in [5, 5.41) is 14.8. The van der Waals surface area contributed by atoms with E-state index in [-0.39, 0.29) is 6.10 Å². The Hall–Kier alpha value is -3.72. The maximum atomic E-state index is 6.33. The molecule has 2 aromatic heterocycles. The third-order valence-electron chi connectivity index (χ3n) is 4.43. The maximum absolute atomic E-state index is 6.33. The molecule has 2 heterocycles. The van der Waals surface area contributed by atoms with Crippen molar-refractivity contribution in [3.8, 4) is 22.6 Å². The molecule has 0 saturated heterocycles. The highest BCUT2D eigenvalue weighted by Crippen LogP contribution is 2.31. The molecule has 0 spiro atoms. The molecule has 4 aromatic rings. The zero-order valence-electron chi connectivity index (χ0n) is 16.9. The second kappa shape index (κ2) is 9.40. The Balaban J connectivity index is 1.48. The minimum Gasteiger partial charge on any atom is -0.495 e. The summed E-state index contributed by atoms with van der Waals surface area (Å²) < 4.78 is 12.9. The van der Waals surface area contributed by atoms with Gasteiger partial charge in [-0.05, 0) is 47.2 Å². The van der Waals surface area contributed by atoms with Crippen LogP contribution >= 0.6 is 11.6 Å². The molecule has 1 N–H and O–H groups in total. The van der Waals surface area contributed by atoms with Crippen molar-refractivity contribution < 1.29 is 9.47 Å². The van der Waals surface area contributed by atoms with E-state index in [0.717, 1.165) is 16.8 Å². The first-order chi connectivity index (χ1) is 15.1. The third kappa shape index (κ3) is 5.07. The van der Waals surface area contributed by atoms with Crippen LogP contribution in [-0.4, -0.2) is 43.4 Å². The third-order valence-corrected chi connectivity index (χ3v) is 4.75. The number of ether oxygens (including phenoxy) is 2. The number of nitrogens with one attached hydrogen (secondary N) is 1. The van der Waals surface area contributed by atoms with Crippen molar-refractivity contribution in [2.24, 2.45) is 0 Å². The molecule has 9 nitrogen and oxygen atoms in total. The average molecular weight is 438 g/mol. The summed E-state index contributed by atoms with van der Waals surface area (Å²) in [4.78, 5) is 8.82. The predicted molar refractivity (Wildman–Crippen MR) is 117 cm³/mol. The summed E-state index contributed by atoms with van der Waals surface area (Å²) in [7, 11) is 1.62. The second-order valence-corrected chi connectivity index (χ2v) is 7.13. The standard InChI is InChI=1S/C21H20ClN7O2/c1-14(12-29-13-25-27-28-29)31-20-9-15(7-8-17(20)22)16-10-23-21(24-11-16)26-18-5-3-4-6-19(18)30-2/h3-11,13-14H,12H2,1-2H3,(H,23,24,26)/t14-/m0/s1. The van der Waals surface area contributed by atoms with Crippen molar-refractivity contribution in [3.63, 3.8) is 0 Å². The number of hydrogen-bond donors (Lipinski definition) is 1. The first-order valence-corrected chi connectivity index (χ1v) is 9.89. The van der Waals surface area contributed by atoms with Crippen LogP contribution in [0.3, 0.4) is 0 Å². The number of anilines is 2. The molecule has 0 aliphatic heterocycles. The molecule has 0 radical (unpaired) electrons. The summed E-state index contributed by atoms with van der Waals surface area (Å²) in [6.45, 7) is 2.42. The molecular weight excluding hydrogens is 418 g/mol. The minimum atomic E-state index is -0.181. The fourth-order valence-electron chi connectivity index (χ4n) is 2.96. The van der Waals surface area contributed by atoms with Crippen molar-refractivity contribution >= 4 is 23.2 Å². The second-order valence-electron chi connectivity index (χ2n) is 6.73. The lowest BCUT2D eigenvalue weighted by Gasteiger charge is -2.16. The lowest BCUT2D eigenvalue weighted by atomic mass is 10.1. The van der Waals surface area contributed by atoms with E-state index >= 15 is 0 Å². The van der Waals surface area contributed by atoms with Crippen LogP contribution < -0.4 is 14.8 Å². The molecule has 4 rings (SSSR count). The number of para-hydroxylation sites is 2. The normalized spacial score (nSPS) is 11.7. The Kier molecular flexibility index (Phi) is 6.23. The molecule has 2 aromatic carbocycles. The van der Waals surface area contributed by atoms with Crippen LogP contribution in [0.1, 0.15) is 6.92 Å². The molecule has 31 heavy (non-hydrogen) atoms. The number of methoxy groups -OCH3 is 1. The first kappa shape index (κ1) is 20.5. The van der Waals surface area contributed by atoms with Crippen LogP contribution in [0.5, 0.6) is 11.5 Å². The van der Waals surface area contributed by atoms with E-state index in [1.807, 2.05) is 43.3 Å². The van der Waals surface area contributed by atoms with E-state index in [1.165, 1.54) is 6.33 Å². The zero-order valence-corrected chi connectivity index (χ0v) is 17.7. The van der Waals surface area contributed by atoms with Crippen LogP contribution in [0.2, 0.25) is 5.02 Å². The predicted octanol–water partition coefficient (Wildman–Crippen LogP) is 4.00. The lowest BCUT2D eigenvalue weighted by Crippen LogP contribution is -2.20. The first-order valence-electron chi connectivity index (χ1n) is 9.52. The van der Waals surface area contributed by atoms with Gasteiger partial charge < -0.3 is 14.8 Å². The Labute approximate surface area is 184 Å². The topological polar surface area (TPSA) is 99.9 Å². The van der Waals surface area contributed by atoms with Gasteiger partial charge in [-0.1, -0.05) is 29.8 Å². The smallest absolute Gasteiger partial charge is 0.227 e. The van der Waals surface area contributed by atoms with E-state index in [9.17, 15) is 0 Å². The van der Waals surface area contributed by atoms with E-state index in [4.69, 9.17) is 21.1 Å². The Morgan fingerprint density at radius 2 is 1.87 bits per heavy atom. The summed E-state index contributed by atoms with van der Waals surface area (Å²) in [5.74, 6) is 1.75. The van der Waals surface area contributed by atoms with Crippen molar-refractivity contribution in [1.82, 2.24) is 30.2 Å². The Bertz CT molecular complexity index is 1140. The van der Waals surface area contributed by atoms with Crippen LogP contribution in [0, 0.1) is 0 Å². The highest BCUT2D eigenvalue weighted by molar-refractivity contribution is 6.32. The van der Waals surface area contributed by atoms with Gasteiger partial charge in [0.25, 0.3) is 0 Å². The summed E-state index contributed by atoms with van der Waals surface area (Å²) in [5.41, 5.74) is 2.51. The van der Waals surface area contributed by atoms with Gasteiger partial charge >= 0.3 is 0 Å². The van der Waals surface area contributed by atoms with Gasteiger partial charge in [-0.2, -0.15) is 0 Å². The molecule has 0 unspecified atom stereocenters. The van der Waals surface area contributed by atoms with Crippen LogP contribution in [0.4, 0.5) is 11.6 Å². The molecule has 1 atom stereocenters. The van der Waals surface area contributed by atoms with E-state index in [0.29, 0.717) is 29.0 Å². The van der Waals surface area contributed by atoms with Gasteiger partial charge in [0.05, 0.1) is 24.4 Å².